The topological polar surface area (TPSA) is 9.23 Å². The molecule has 0 fully saturated rings. The highest BCUT2D eigenvalue weighted by molar-refractivity contribution is 8.95. The molecule has 1 unspecified atom stereocenters. The van der Waals surface area contributed by atoms with Crippen LogP contribution in [0.1, 0.15) is 26.7 Å². The summed E-state index contributed by atoms with van der Waals surface area (Å²) in [6, 6.07) is 0. The van der Waals surface area contributed by atoms with Gasteiger partial charge in [-0.15, -0.1) is 12.2 Å². The second-order valence-electron chi connectivity index (χ2n) is 2.14. The van der Waals surface area contributed by atoms with Gasteiger partial charge in [-0.1, -0.05) is 25.2 Å². The second kappa shape index (κ2) is 6.79. The van der Waals surface area contributed by atoms with Gasteiger partial charge in [-0.2, -0.15) is 0 Å². The van der Waals surface area contributed by atoms with Gasteiger partial charge in [0.15, 0.2) is 4.67 Å². The molecule has 68 valence electrons. The van der Waals surface area contributed by atoms with Gasteiger partial charge in [0, 0.05) is 5.75 Å². The maximum atomic E-state index is 5.43. The van der Waals surface area contributed by atoms with E-state index in [1.54, 1.807) is 11.4 Å². The normalized spacial score (nSPS) is 16.3. The van der Waals surface area contributed by atoms with Gasteiger partial charge in [0.1, 0.15) is 0 Å². The minimum Gasteiger partial charge on any atom is -0.334 e. The van der Waals surface area contributed by atoms with Gasteiger partial charge >= 0.3 is 0 Å². The van der Waals surface area contributed by atoms with E-state index in [4.69, 9.17) is 16.3 Å². The SMILES string of the molecule is CCCOP(=S)(S)SCCC. The van der Waals surface area contributed by atoms with Gasteiger partial charge < -0.3 is 4.52 Å². The van der Waals surface area contributed by atoms with Gasteiger partial charge in [0.2, 0.25) is 0 Å². The Morgan fingerprint density at radius 2 is 2.09 bits per heavy atom. The van der Waals surface area contributed by atoms with E-state index in [-0.39, 0.29) is 0 Å². The summed E-state index contributed by atoms with van der Waals surface area (Å²) in [5.41, 5.74) is 0. The first-order valence-electron chi connectivity index (χ1n) is 3.74. The first kappa shape index (κ1) is 12.3. The lowest BCUT2D eigenvalue weighted by molar-refractivity contribution is 0.365. The van der Waals surface area contributed by atoms with Gasteiger partial charge in [0.05, 0.1) is 6.61 Å². The van der Waals surface area contributed by atoms with Crippen LogP contribution in [0.4, 0.5) is 0 Å². The molecule has 5 heteroatoms. The molecule has 0 heterocycles. The summed E-state index contributed by atoms with van der Waals surface area (Å²) in [5, 5.41) is 0. The van der Waals surface area contributed by atoms with Crippen molar-refractivity contribution >= 4 is 40.1 Å². The zero-order chi connectivity index (χ0) is 8.74. The molecule has 0 bridgehead atoms. The fourth-order valence-corrected chi connectivity index (χ4v) is 4.91. The molecule has 0 spiro atoms. The van der Waals surface area contributed by atoms with Crippen LogP contribution < -0.4 is 0 Å². The van der Waals surface area contributed by atoms with Crippen LogP contribution >= 0.6 is 28.3 Å². The summed E-state index contributed by atoms with van der Waals surface area (Å²) < 4.78 is 3.65. The number of hydrogen-bond donors (Lipinski definition) is 1. The molecule has 1 nitrogen and oxygen atoms in total. The van der Waals surface area contributed by atoms with Crippen LogP contribution in [0.2, 0.25) is 0 Å². The summed E-state index contributed by atoms with van der Waals surface area (Å²) in [7, 11) is 0. The summed E-state index contributed by atoms with van der Waals surface area (Å²) in [4.78, 5) is 0. The molecule has 0 radical (unpaired) electrons. The fourth-order valence-electron chi connectivity index (χ4n) is 0.451. The van der Waals surface area contributed by atoms with Crippen molar-refractivity contribution in [1.29, 1.82) is 0 Å². The smallest absolute Gasteiger partial charge is 0.171 e. The molecule has 0 amide bonds. The average molecular weight is 230 g/mol. The lowest BCUT2D eigenvalue weighted by Gasteiger charge is -2.14. The third kappa shape index (κ3) is 7.66. The number of hydrogen-bond acceptors (Lipinski definition) is 3. The Hall–Kier alpha value is 1.31. The van der Waals surface area contributed by atoms with Crippen LogP contribution in [0.15, 0.2) is 0 Å². The standard InChI is InChI=1S/C6H15OPS3/c1-3-5-7-8(9,10)11-6-4-2/h3-6H2,1-2H3,(H,9,10). The largest absolute Gasteiger partial charge is 0.334 e. The molecule has 0 rings (SSSR count). The quantitative estimate of drug-likeness (QED) is 0.550. The van der Waals surface area contributed by atoms with Gasteiger partial charge in [-0.05, 0) is 24.6 Å². The predicted molar refractivity (Wildman–Crippen MR) is 62.3 cm³/mol. The molecule has 0 aliphatic rings. The highest BCUT2D eigenvalue weighted by atomic mass is 33.2. The highest BCUT2D eigenvalue weighted by Gasteiger charge is 2.10. The lowest BCUT2D eigenvalue weighted by Crippen LogP contribution is -1.84. The fraction of sp³-hybridized carbons (Fsp3) is 1.00. The summed E-state index contributed by atoms with van der Waals surface area (Å²) in [5.74, 6) is 1.06. The van der Waals surface area contributed by atoms with Crippen LogP contribution in [0.5, 0.6) is 0 Å². The summed E-state index contributed by atoms with van der Waals surface area (Å²) in [6.45, 7) is 4.96. The minimum atomic E-state index is -1.78. The average Bonchev–Trinajstić information content (AvgIpc) is 1.97. The molecule has 11 heavy (non-hydrogen) atoms. The van der Waals surface area contributed by atoms with Crippen molar-refractivity contribution < 1.29 is 4.52 Å². The van der Waals surface area contributed by atoms with Gasteiger partial charge in [0.25, 0.3) is 0 Å². The van der Waals surface area contributed by atoms with Crippen molar-refractivity contribution in [3.8, 4) is 0 Å². The monoisotopic (exact) mass is 230 g/mol. The maximum Gasteiger partial charge on any atom is 0.171 e. The van der Waals surface area contributed by atoms with Crippen LogP contribution in [0.3, 0.4) is 0 Å². The molecule has 0 aromatic rings. The number of thiol groups is 1. The van der Waals surface area contributed by atoms with Crippen LogP contribution in [-0.2, 0) is 16.3 Å². The van der Waals surface area contributed by atoms with Crippen LogP contribution in [-0.4, -0.2) is 12.4 Å². The van der Waals surface area contributed by atoms with Crippen molar-refractivity contribution in [3.63, 3.8) is 0 Å². The lowest BCUT2D eigenvalue weighted by atomic mass is 10.5. The molecule has 0 N–H and O–H groups in total. The second-order valence-corrected chi connectivity index (χ2v) is 11.9. The van der Waals surface area contributed by atoms with E-state index in [0.717, 1.165) is 25.2 Å². The Labute approximate surface area is 83.7 Å². The third-order valence-corrected chi connectivity index (χ3v) is 6.84. The van der Waals surface area contributed by atoms with E-state index < -0.39 is 4.67 Å². The molecule has 0 saturated carbocycles. The van der Waals surface area contributed by atoms with E-state index in [2.05, 4.69) is 26.1 Å². The van der Waals surface area contributed by atoms with E-state index in [0.29, 0.717) is 0 Å². The molecule has 0 aliphatic carbocycles. The first-order chi connectivity index (χ1) is 5.12. The van der Waals surface area contributed by atoms with E-state index in [9.17, 15) is 0 Å². The summed E-state index contributed by atoms with van der Waals surface area (Å²) in [6.07, 6.45) is 2.16. The van der Waals surface area contributed by atoms with Crippen molar-refractivity contribution in [2.75, 3.05) is 12.4 Å². The Morgan fingerprint density at radius 1 is 1.45 bits per heavy atom. The van der Waals surface area contributed by atoms with Crippen molar-refractivity contribution in [1.82, 2.24) is 0 Å². The highest BCUT2D eigenvalue weighted by Crippen LogP contribution is 2.64. The molecule has 0 saturated heterocycles. The maximum absolute atomic E-state index is 5.43. The Balaban J connectivity index is 3.53. The molecule has 1 atom stereocenters. The number of rotatable bonds is 6. The Kier molecular flexibility index (Phi) is 7.59. The van der Waals surface area contributed by atoms with Crippen LogP contribution in [0, 0.1) is 0 Å². The Morgan fingerprint density at radius 3 is 2.55 bits per heavy atom. The molecular formula is C6H15OPS3. The molecule has 0 aromatic carbocycles. The van der Waals surface area contributed by atoms with Crippen LogP contribution in [0.25, 0.3) is 0 Å². The molecule has 0 aromatic heterocycles. The first-order valence-corrected chi connectivity index (χ1v) is 9.20. The van der Waals surface area contributed by atoms with Gasteiger partial charge in [-0.25, -0.2) is 0 Å². The van der Waals surface area contributed by atoms with Gasteiger partial charge in [-0.3, -0.25) is 0 Å². The minimum absolute atomic E-state index is 0.748. The van der Waals surface area contributed by atoms with E-state index in [1.165, 1.54) is 0 Å². The van der Waals surface area contributed by atoms with E-state index >= 15 is 0 Å². The van der Waals surface area contributed by atoms with E-state index in [1.807, 2.05) is 0 Å². The van der Waals surface area contributed by atoms with Crippen molar-refractivity contribution in [2.45, 2.75) is 26.7 Å². The van der Waals surface area contributed by atoms with Crippen molar-refractivity contribution in [2.24, 2.45) is 0 Å². The molecule has 0 aliphatic heterocycles. The molecular weight excluding hydrogens is 215 g/mol. The zero-order valence-electron chi connectivity index (χ0n) is 6.95. The Bertz CT molecular complexity index is 128. The van der Waals surface area contributed by atoms with Crippen molar-refractivity contribution in [3.05, 3.63) is 0 Å². The predicted octanol–water partition coefficient (Wildman–Crippen LogP) is 3.71. The zero-order valence-corrected chi connectivity index (χ0v) is 10.4. The third-order valence-electron chi connectivity index (χ3n) is 0.917. The summed E-state index contributed by atoms with van der Waals surface area (Å²) >= 11 is 11.2.